The molecule has 0 heterocycles. The highest BCUT2D eigenvalue weighted by Crippen LogP contribution is 2.38. The van der Waals surface area contributed by atoms with Crippen LogP contribution in [0.1, 0.15) is 102 Å². The van der Waals surface area contributed by atoms with Gasteiger partial charge in [-0.15, -0.1) is 0 Å². The first-order valence-corrected chi connectivity index (χ1v) is 15.8. The molecule has 1 aliphatic rings. The van der Waals surface area contributed by atoms with E-state index in [4.69, 9.17) is 19.3 Å². The maximum absolute atomic E-state index is 12.4. The second-order valence-corrected chi connectivity index (χ2v) is 12.1. The van der Waals surface area contributed by atoms with Crippen molar-refractivity contribution in [2.45, 2.75) is 103 Å². The Morgan fingerprint density at radius 2 is 1.56 bits per heavy atom. The Kier molecular flexibility index (Phi) is 16.0. The Morgan fingerprint density at radius 1 is 0.907 bits per heavy atom. The zero-order valence-electron chi connectivity index (χ0n) is 26.5. The van der Waals surface area contributed by atoms with Crippen molar-refractivity contribution in [3.8, 4) is 0 Å². The van der Waals surface area contributed by atoms with Gasteiger partial charge in [0.25, 0.3) is 0 Å². The molecule has 1 N–H and O–H groups in total. The van der Waals surface area contributed by atoms with Crippen LogP contribution < -0.4 is 0 Å². The molecule has 0 aromatic heterocycles. The first-order chi connectivity index (χ1) is 20.5. The Hall–Kier alpha value is -3.19. The van der Waals surface area contributed by atoms with Gasteiger partial charge in [0.1, 0.15) is 6.10 Å². The first-order valence-electron chi connectivity index (χ1n) is 15.8. The van der Waals surface area contributed by atoms with Gasteiger partial charge >= 0.3 is 17.9 Å². The molecule has 1 fully saturated rings. The Balaban J connectivity index is 2.08. The minimum absolute atomic E-state index is 0.0280. The lowest BCUT2D eigenvalue weighted by Gasteiger charge is -2.29. The molecule has 0 amide bonds. The summed E-state index contributed by atoms with van der Waals surface area (Å²) < 4.78 is 16.4. The molecular formula is C36H52O7. The SMILES string of the molecule is C=C(C)C(=O)OCC(Cc1ccc(C2CCC(CCCCC)CC2)cc1)CC(CCOC(=O)C(=C)CO)OC(=O)C(=C)C. The number of esters is 3. The molecule has 2 atom stereocenters. The number of hydrogen-bond donors (Lipinski definition) is 1. The number of aliphatic hydroxyl groups is 1. The fraction of sp³-hybridized carbons (Fsp3) is 0.583. The lowest BCUT2D eigenvalue weighted by molar-refractivity contribution is -0.149. The van der Waals surface area contributed by atoms with Gasteiger partial charge in [0, 0.05) is 23.5 Å². The maximum Gasteiger partial charge on any atom is 0.335 e. The maximum atomic E-state index is 12.4. The van der Waals surface area contributed by atoms with E-state index in [2.05, 4.69) is 50.9 Å². The van der Waals surface area contributed by atoms with E-state index in [1.807, 2.05) is 0 Å². The number of carbonyl (C=O) groups is 3. The Morgan fingerprint density at radius 3 is 2.14 bits per heavy atom. The van der Waals surface area contributed by atoms with Gasteiger partial charge in [0.2, 0.25) is 0 Å². The van der Waals surface area contributed by atoms with Crippen molar-refractivity contribution >= 4 is 17.9 Å². The molecule has 7 heteroatoms. The third kappa shape index (κ3) is 13.3. The largest absolute Gasteiger partial charge is 0.462 e. The molecule has 2 rings (SSSR count). The molecule has 7 nitrogen and oxygen atoms in total. The van der Waals surface area contributed by atoms with E-state index in [9.17, 15) is 14.4 Å². The van der Waals surface area contributed by atoms with Crippen LogP contribution in [0.15, 0.2) is 60.7 Å². The van der Waals surface area contributed by atoms with E-state index >= 15 is 0 Å². The van der Waals surface area contributed by atoms with Gasteiger partial charge in [0.15, 0.2) is 0 Å². The quantitative estimate of drug-likeness (QED) is 0.0782. The number of ether oxygens (including phenoxy) is 3. The summed E-state index contributed by atoms with van der Waals surface area (Å²) in [6, 6.07) is 8.74. The number of benzene rings is 1. The van der Waals surface area contributed by atoms with Gasteiger partial charge in [0.05, 0.1) is 25.4 Å². The molecule has 1 aliphatic carbocycles. The Labute approximate surface area is 258 Å². The fourth-order valence-corrected chi connectivity index (χ4v) is 5.55. The standard InChI is InChI=1S/C36H52O7/c1-7-8-9-10-28-11-15-31(16-12-28)32-17-13-29(14-18-32)21-30(24-42-34(38)25(2)3)22-33(43-35(39)26(4)5)19-20-41-36(40)27(6)23-37/h13-14,17-18,28,30-31,33,37H,2,4,6-12,15-16,19-24H2,1,3,5H3. The normalized spacial score (nSPS) is 17.8. The summed E-state index contributed by atoms with van der Waals surface area (Å²) in [7, 11) is 0. The van der Waals surface area contributed by atoms with E-state index < -0.39 is 30.6 Å². The highest BCUT2D eigenvalue weighted by atomic mass is 16.6. The minimum Gasteiger partial charge on any atom is -0.462 e. The zero-order chi connectivity index (χ0) is 31.8. The second kappa shape index (κ2) is 19.2. The lowest BCUT2D eigenvalue weighted by Crippen LogP contribution is -2.27. The first kappa shape index (κ1) is 36.0. The van der Waals surface area contributed by atoms with Crippen LogP contribution in [0.5, 0.6) is 0 Å². The van der Waals surface area contributed by atoms with Crippen LogP contribution in [0.4, 0.5) is 0 Å². The van der Waals surface area contributed by atoms with Gasteiger partial charge in [-0.05, 0) is 75.3 Å². The molecule has 238 valence electrons. The number of aliphatic hydroxyl groups excluding tert-OH is 1. The third-order valence-electron chi connectivity index (χ3n) is 8.21. The van der Waals surface area contributed by atoms with Crippen molar-refractivity contribution < 1.29 is 33.7 Å². The van der Waals surface area contributed by atoms with Crippen molar-refractivity contribution in [1.29, 1.82) is 0 Å². The van der Waals surface area contributed by atoms with Gasteiger partial charge in [-0.25, -0.2) is 14.4 Å². The van der Waals surface area contributed by atoms with Crippen LogP contribution in [-0.4, -0.2) is 48.9 Å². The van der Waals surface area contributed by atoms with Gasteiger partial charge < -0.3 is 19.3 Å². The predicted octanol–water partition coefficient (Wildman–Crippen LogP) is 7.18. The van der Waals surface area contributed by atoms with Gasteiger partial charge in [-0.3, -0.25) is 0 Å². The zero-order valence-corrected chi connectivity index (χ0v) is 26.5. The molecule has 0 saturated heterocycles. The Bertz CT molecular complexity index is 1080. The van der Waals surface area contributed by atoms with Crippen molar-refractivity contribution in [3.05, 3.63) is 71.8 Å². The van der Waals surface area contributed by atoms with Crippen molar-refractivity contribution in [2.24, 2.45) is 11.8 Å². The van der Waals surface area contributed by atoms with Gasteiger partial charge in [-0.2, -0.15) is 0 Å². The molecule has 2 unspecified atom stereocenters. The highest BCUT2D eigenvalue weighted by molar-refractivity contribution is 5.88. The van der Waals surface area contributed by atoms with Crippen LogP contribution in [0.2, 0.25) is 0 Å². The number of unbranched alkanes of at least 4 members (excludes halogenated alkanes) is 2. The van der Waals surface area contributed by atoms with E-state index in [0.29, 0.717) is 24.3 Å². The molecular weight excluding hydrogens is 544 g/mol. The predicted molar refractivity (Wildman–Crippen MR) is 169 cm³/mol. The van der Waals surface area contributed by atoms with E-state index in [1.54, 1.807) is 13.8 Å². The smallest absolute Gasteiger partial charge is 0.335 e. The highest BCUT2D eigenvalue weighted by Gasteiger charge is 2.25. The van der Waals surface area contributed by atoms with E-state index in [0.717, 1.165) is 11.5 Å². The molecule has 43 heavy (non-hydrogen) atoms. The summed E-state index contributed by atoms with van der Waals surface area (Å²) in [5, 5.41) is 9.11. The summed E-state index contributed by atoms with van der Waals surface area (Å²) in [6.07, 6.45) is 11.0. The van der Waals surface area contributed by atoms with Crippen LogP contribution in [0.25, 0.3) is 0 Å². The average molecular weight is 597 g/mol. The number of rotatable bonds is 19. The molecule has 0 radical (unpaired) electrons. The minimum atomic E-state index is -0.704. The summed E-state index contributed by atoms with van der Waals surface area (Å²) >= 11 is 0. The molecule has 1 saturated carbocycles. The fourth-order valence-electron chi connectivity index (χ4n) is 5.55. The van der Waals surface area contributed by atoms with E-state index in [-0.39, 0.29) is 36.7 Å². The molecule has 1 aromatic carbocycles. The lowest BCUT2D eigenvalue weighted by atomic mass is 9.77. The van der Waals surface area contributed by atoms with Crippen molar-refractivity contribution in [2.75, 3.05) is 19.8 Å². The van der Waals surface area contributed by atoms with Crippen LogP contribution in [0.3, 0.4) is 0 Å². The third-order valence-corrected chi connectivity index (χ3v) is 8.21. The summed E-state index contributed by atoms with van der Waals surface area (Å²) in [5.41, 5.74) is 2.99. The second-order valence-electron chi connectivity index (χ2n) is 12.1. The molecule has 0 spiro atoms. The number of hydrogen-bond acceptors (Lipinski definition) is 7. The van der Waals surface area contributed by atoms with Crippen LogP contribution >= 0.6 is 0 Å². The average Bonchev–Trinajstić information content (AvgIpc) is 2.99. The van der Waals surface area contributed by atoms with Gasteiger partial charge in [-0.1, -0.05) is 76.6 Å². The molecule has 1 aromatic rings. The van der Waals surface area contributed by atoms with Crippen LogP contribution in [0, 0.1) is 11.8 Å². The summed E-state index contributed by atoms with van der Waals surface area (Å²) in [4.78, 5) is 36.5. The van der Waals surface area contributed by atoms with Crippen molar-refractivity contribution in [1.82, 2.24) is 0 Å². The number of carbonyl (C=O) groups excluding carboxylic acids is 3. The summed E-state index contributed by atoms with van der Waals surface area (Å²) in [6.45, 7) is 15.8. The monoisotopic (exact) mass is 596 g/mol. The van der Waals surface area contributed by atoms with Crippen molar-refractivity contribution in [3.63, 3.8) is 0 Å². The summed E-state index contributed by atoms with van der Waals surface area (Å²) in [5.74, 6) is -0.424. The molecule has 0 bridgehead atoms. The topological polar surface area (TPSA) is 99.1 Å². The van der Waals surface area contributed by atoms with E-state index in [1.165, 1.54) is 56.9 Å². The molecule has 0 aliphatic heterocycles. The van der Waals surface area contributed by atoms with Crippen LogP contribution in [-0.2, 0) is 35.0 Å².